The van der Waals surface area contributed by atoms with Crippen molar-refractivity contribution in [3.8, 4) is 0 Å². The minimum atomic E-state index is -0.288. The summed E-state index contributed by atoms with van der Waals surface area (Å²) in [5.74, 6) is 0.0458. The summed E-state index contributed by atoms with van der Waals surface area (Å²) in [6.45, 7) is 5.70. The highest BCUT2D eigenvalue weighted by Crippen LogP contribution is 2.33. The van der Waals surface area contributed by atoms with Crippen molar-refractivity contribution in [2.75, 3.05) is 31.7 Å². The quantitative estimate of drug-likeness (QED) is 0.785. The lowest BCUT2D eigenvalue weighted by Crippen LogP contribution is -2.34. The maximum atomic E-state index is 12.4. The van der Waals surface area contributed by atoms with Crippen LogP contribution in [0.4, 0.5) is 5.69 Å². The Labute approximate surface area is 138 Å². The zero-order chi connectivity index (χ0) is 16.8. The second-order valence-electron chi connectivity index (χ2n) is 6.06. The number of carbonyl (C=O) groups is 2. The number of hydrogen-bond donors (Lipinski definition) is 1. The van der Waals surface area contributed by atoms with Crippen LogP contribution in [0.5, 0.6) is 0 Å². The molecule has 0 radical (unpaired) electrons. The molecule has 0 aromatic heterocycles. The number of amides is 2. The molecule has 2 atom stereocenters. The molecule has 1 aromatic carbocycles. The van der Waals surface area contributed by atoms with Gasteiger partial charge in [-0.15, -0.1) is 0 Å². The number of benzene rings is 1. The van der Waals surface area contributed by atoms with Crippen LogP contribution in [0, 0.1) is 5.92 Å². The van der Waals surface area contributed by atoms with Gasteiger partial charge in [0.15, 0.2) is 0 Å². The van der Waals surface area contributed by atoms with E-state index in [4.69, 9.17) is 4.74 Å². The highest BCUT2D eigenvalue weighted by Gasteiger charge is 2.36. The molecule has 5 nitrogen and oxygen atoms in total. The number of nitrogens with one attached hydrogen (secondary N) is 1. The molecule has 1 aromatic rings. The lowest BCUT2D eigenvalue weighted by atomic mass is 9.96. The van der Waals surface area contributed by atoms with Crippen LogP contribution < -0.4 is 10.2 Å². The minimum Gasteiger partial charge on any atom is -0.383 e. The predicted molar refractivity (Wildman–Crippen MR) is 90.5 cm³/mol. The van der Waals surface area contributed by atoms with Crippen LogP contribution in [0.25, 0.3) is 0 Å². The van der Waals surface area contributed by atoms with Crippen molar-refractivity contribution < 1.29 is 14.3 Å². The normalized spacial score (nSPS) is 19.0. The Kier molecular flexibility index (Phi) is 6.16. The maximum absolute atomic E-state index is 12.4. The van der Waals surface area contributed by atoms with Gasteiger partial charge in [-0.25, -0.2) is 0 Å². The van der Waals surface area contributed by atoms with Crippen LogP contribution in [0.3, 0.4) is 0 Å². The second-order valence-corrected chi connectivity index (χ2v) is 6.06. The monoisotopic (exact) mass is 318 g/mol. The molecule has 0 saturated carbocycles. The molecule has 1 aliphatic rings. The molecular weight excluding hydrogens is 292 g/mol. The molecule has 23 heavy (non-hydrogen) atoms. The summed E-state index contributed by atoms with van der Waals surface area (Å²) in [7, 11) is 1.60. The first kappa shape index (κ1) is 17.5. The van der Waals surface area contributed by atoms with Crippen molar-refractivity contribution in [3.63, 3.8) is 0 Å². The zero-order valence-corrected chi connectivity index (χ0v) is 14.2. The van der Waals surface area contributed by atoms with Crippen molar-refractivity contribution in [2.45, 2.75) is 32.6 Å². The van der Waals surface area contributed by atoms with Crippen LogP contribution >= 0.6 is 0 Å². The molecule has 1 N–H and O–H groups in total. The summed E-state index contributed by atoms with van der Waals surface area (Å²) in [5, 5.41) is 2.82. The highest BCUT2D eigenvalue weighted by atomic mass is 16.5. The van der Waals surface area contributed by atoms with E-state index in [1.807, 2.05) is 18.2 Å². The Morgan fingerprint density at radius 2 is 2.17 bits per heavy atom. The average molecular weight is 318 g/mol. The number of ether oxygens (including phenoxy) is 1. The largest absolute Gasteiger partial charge is 0.383 e. The highest BCUT2D eigenvalue weighted by molar-refractivity contribution is 6.00. The molecule has 0 aliphatic carbocycles. The van der Waals surface area contributed by atoms with Crippen LogP contribution in [0.15, 0.2) is 24.3 Å². The van der Waals surface area contributed by atoms with Crippen molar-refractivity contribution in [1.29, 1.82) is 0 Å². The average Bonchev–Trinajstić information content (AvgIpc) is 2.96. The van der Waals surface area contributed by atoms with Gasteiger partial charge in [0.05, 0.1) is 12.5 Å². The molecule has 2 unspecified atom stereocenters. The van der Waals surface area contributed by atoms with Gasteiger partial charge < -0.3 is 15.0 Å². The van der Waals surface area contributed by atoms with E-state index in [0.29, 0.717) is 25.6 Å². The number of rotatable bonds is 7. The van der Waals surface area contributed by atoms with Gasteiger partial charge in [-0.3, -0.25) is 9.59 Å². The van der Waals surface area contributed by atoms with Crippen LogP contribution in [0.1, 0.15) is 38.2 Å². The van der Waals surface area contributed by atoms with Gasteiger partial charge >= 0.3 is 0 Å². The first-order chi connectivity index (χ1) is 11.1. The third-order valence-corrected chi connectivity index (χ3v) is 4.47. The predicted octanol–water partition coefficient (Wildman–Crippen LogP) is 2.32. The van der Waals surface area contributed by atoms with Gasteiger partial charge in [0.1, 0.15) is 0 Å². The summed E-state index contributed by atoms with van der Waals surface area (Å²) in [5.41, 5.74) is 2.11. The minimum absolute atomic E-state index is 0.0210. The number of carbonyl (C=O) groups excluding carboxylic acids is 2. The van der Waals surface area contributed by atoms with Crippen LogP contribution in [0.2, 0.25) is 0 Å². The van der Waals surface area contributed by atoms with E-state index in [-0.39, 0.29) is 24.2 Å². The van der Waals surface area contributed by atoms with Crippen LogP contribution in [-0.2, 0) is 14.3 Å². The Balaban J connectivity index is 2.10. The topological polar surface area (TPSA) is 58.6 Å². The molecule has 126 valence electrons. The fraction of sp³-hybridized carbons (Fsp3) is 0.556. The van der Waals surface area contributed by atoms with Gasteiger partial charge in [-0.2, -0.15) is 0 Å². The first-order valence-corrected chi connectivity index (χ1v) is 8.24. The number of nitrogens with zero attached hydrogens (tertiary/aromatic N) is 1. The summed E-state index contributed by atoms with van der Waals surface area (Å²) >= 11 is 0. The molecule has 1 heterocycles. The lowest BCUT2D eigenvalue weighted by Gasteiger charge is -2.23. The fourth-order valence-electron chi connectivity index (χ4n) is 2.91. The van der Waals surface area contributed by atoms with Crippen molar-refractivity contribution in [2.24, 2.45) is 5.92 Å². The first-order valence-electron chi connectivity index (χ1n) is 8.24. The lowest BCUT2D eigenvalue weighted by molar-refractivity contribution is -0.126. The number of anilines is 1. The van der Waals surface area contributed by atoms with Crippen LogP contribution in [-0.4, -0.2) is 38.6 Å². The van der Waals surface area contributed by atoms with E-state index >= 15 is 0 Å². The van der Waals surface area contributed by atoms with E-state index in [1.54, 1.807) is 12.0 Å². The van der Waals surface area contributed by atoms with Crippen molar-refractivity contribution in [3.05, 3.63) is 29.8 Å². The zero-order valence-electron chi connectivity index (χ0n) is 14.2. The Morgan fingerprint density at radius 1 is 1.43 bits per heavy atom. The molecule has 5 heteroatoms. The third-order valence-electron chi connectivity index (χ3n) is 4.47. The SMILES string of the molecule is CCC(C)c1ccccc1N1CC(C(=O)NCCOC)CC1=O. The van der Waals surface area contributed by atoms with Crippen molar-refractivity contribution >= 4 is 17.5 Å². The third kappa shape index (κ3) is 4.10. The molecule has 1 fully saturated rings. The van der Waals surface area contributed by atoms with E-state index in [0.717, 1.165) is 12.1 Å². The molecule has 2 rings (SSSR count). The smallest absolute Gasteiger partial charge is 0.227 e. The molecule has 0 spiro atoms. The maximum Gasteiger partial charge on any atom is 0.227 e. The Morgan fingerprint density at radius 3 is 2.87 bits per heavy atom. The van der Waals surface area contributed by atoms with Crippen molar-refractivity contribution in [1.82, 2.24) is 5.32 Å². The van der Waals surface area contributed by atoms with Gasteiger partial charge in [0.2, 0.25) is 11.8 Å². The molecule has 1 saturated heterocycles. The van der Waals surface area contributed by atoms with E-state index in [2.05, 4.69) is 25.2 Å². The van der Waals surface area contributed by atoms with E-state index in [9.17, 15) is 9.59 Å². The van der Waals surface area contributed by atoms with Gasteiger partial charge in [-0.05, 0) is 24.0 Å². The Hall–Kier alpha value is -1.88. The summed E-state index contributed by atoms with van der Waals surface area (Å²) in [4.78, 5) is 26.3. The Bertz CT molecular complexity index is 559. The molecular formula is C18H26N2O3. The van der Waals surface area contributed by atoms with E-state index in [1.165, 1.54) is 5.56 Å². The summed E-state index contributed by atoms with van der Waals surface area (Å²) < 4.78 is 4.93. The second kappa shape index (κ2) is 8.11. The molecule has 0 bridgehead atoms. The fourth-order valence-corrected chi connectivity index (χ4v) is 2.91. The number of para-hydroxylation sites is 1. The van der Waals surface area contributed by atoms with Gasteiger partial charge in [0.25, 0.3) is 0 Å². The summed E-state index contributed by atoms with van der Waals surface area (Å²) in [6, 6.07) is 7.99. The van der Waals surface area contributed by atoms with E-state index < -0.39 is 0 Å². The summed E-state index contributed by atoms with van der Waals surface area (Å²) in [6.07, 6.45) is 1.29. The van der Waals surface area contributed by atoms with Gasteiger partial charge in [-0.1, -0.05) is 32.0 Å². The molecule has 1 aliphatic heterocycles. The number of hydrogen-bond acceptors (Lipinski definition) is 3. The standard InChI is InChI=1S/C18H26N2O3/c1-4-13(2)15-7-5-6-8-16(15)20-12-14(11-17(20)21)18(22)19-9-10-23-3/h5-8,13-14H,4,9-12H2,1-3H3,(H,19,22). The number of methoxy groups -OCH3 is 1. The molecule has 2 amide bonds. The van der Waals surface area contributed by atoms with Gasteiger partial charge in [0, 0.05) is 32.3 Å².